The van der Waals surface area contributed by atoms with Crippen LogP contribution in [0.3, 0.4) is 0 Å². The van der Waals surface area contributed by atoms with E-state index in [1.807, 2.05) is 11.3 Å². The maximum Gasteiger partial charge on any atom is 0.0575 e. The van der Waals surface area contributed by atoms with Crippen molar-refractivity contribution in [1.82, 2.24) is 5.32 Å². The Morgan fingerprint density at radius 2 is 2.41 bits per heavy atom. The van der Waals surface area contributed by atoms with Crippen molar-refractivity contribution in [3.05, 3.63) is 21.9 Å². The SMILES string of the molecule is CNC(CCC1CCCCO1)c1csc(C)c1. The quantitative estimate of drug-likeness (QED) is 0.864. The standard InChI is InChI=1S/C14H23NOS/c1-11-9-12(10-17-11)14(15-2)7-6-13-5-3-4-8-16-13/h9-10,13-15H,3-8H2,1-2H3. The van der Waals surface area contributed by atoms with E-state index in [0.29, 0.717) is 12.1 Å². The molecule has 1 aromatic rings. The third kappa shape index (κ3) is 3.80. The summed E-state index contributed by atoms with van der Waals surface area (Å²) in [4.78, 5) is 1.40. The van der Waals surface area contributed by atoms with Crippen LogP contribution in [0.2, 0.25) is 0 Å². The lowest BCUT2D eigenvalue weighted by atomic mass is 9.99. The van der Waals surface area contributed by atoms with Gasteiger partial charge < -0.3 is 10.1 Å². The number of hydrogen-bond donors (Lipinski definition) is 1. The highest BCUT2D eigenvalue weighted by Crippen LogP contribution is 2.26. The van der Waals surface area contributed by atoms with Crippen LogP contribution in [0.25, 0.3) is 0 Å². The van der Waals surface area contributed by atoms with Crippen LogP contribution >= 0.6 is 11.3 Å². The molecule has 0 radical (unpaired) electrons. The van der Waals surface area contributed by atoms with Gasteiger partial charge in [-0.05, 0) is 63.1 Å². The molecule has 1 N–H and O–H groups in total. The van der Waals surface area contributed by atoms with Crippen LogP contribution in [0, 0.1) is 6.92 Å². The molecule has 2 atom stereocenters. The van der Waals surface area contributed by atoms with Crippen LogP contribution in [0.1, 0.15) is 48.6 Å². The molecule has 0 aliphatic carbocycles. The fraction of sp³-hybridized carbons (Fsp3) is 0.714. The van der Waals surface area contributed by atoms with Gasteiger partial charge in [0, 0.05) is 17.5 Å². The summed E-state index contributed by atoms with van der Waals surface area (Å²) in [6, 6.07) is 2.79. The Kier molecular flexibility index (Phi) is 5.01. The molecular formula is C14H23NOS. The van der Waals surface area contributed by atoms with Gasteiger partial charge in [-0.3, -0.25) is 0 Å². The van der Waals surface area contributed by atoms with E-state index < -0.39 is 0 Å². The Morgan fingerprint density at radius 1 is 1.53 bits per heavy atom. The van der Waals surface area contributed by atoms with Crippen molar-refractivity contribution in [3.63, 3.8) is 0 Å². The maximum atomic E-state index is 5.79. The molecule has 2 nitrogen and oxygen atoms in total. The smallest absolute Gasteiger partial charge is 0.0575 e. The molecule has 0 spiro atoms. The van der Waals surface area contributed by atoms with Crippen molar-refractivity contribution >= 4 is 11.3 Å². The Balaban J connectivity index is 1.82. The zero-order chi connectivity index (χ0) is 12.1. The summed E-state index contributed by atoms with van der Waals surface area (Å²) < 4.78 is 5.79. The van der Waals surface area contributed by atoms with E-state index in [-0.39, 0.29) is 0 Å². The average Bonchev–Trinajstić information content (AvgIpc) is 2.78. The van der Waals surface area contributed by atoms with Crippen LogP contribution in [0.5, 0.6) is 0 Å². The first kappa shape index (κ1) is 13.1. The molecular weight excluding hydrogens is 230 g/mol. The van der Waals surface area contributed by atoms with Gasteiger partial charge in [0.2, 0.25) is 0 Å². The lowest BCUT2D eigenvalue weighted by Gasteiger charge is -2.24. The van der Waals surface area contributed by atoms with Gasteiger partial charge in [-0.25, -0.2) is 0 Å². The minimum atomic E-state index is 0.491. The Morgan fingerprint density at radius 3 is 3.00 bits per heavy atom. The highest BCUT2D eigenvalue weighted by molar-refractivity contribution is 7.10. The molecule has 96 valence electrons. The number of nitrogens with one attached hydrogen (secondary N) is 1. The van der Waals surface area contributed by atoms with E-state index in [1.54, 1.807) is 0 Å². The van der Waals surface area contributed by atoms with Crippen molar-refractivity contribution in [2.24, 2.45) is 0 Å². The molecule has 0 bridgehead atoms. The second kappa shape index (κ2) is 6.53. The molecule has 0 amide bonds. The van der Waals surface area contributed by atoms with Crippen LogP contribution in [-0.4, -0.2) is 19.8 Å². The van der Waals surface area contributed by atoms with E-state index in [0.717, 1.165) is 6.61 Å². The lowest BCUT2D eigenvalue weighted by Crippen LogP contribution is -2.22. The Labute approximate surface area is 108 Å². The molecule has 1 fully saturated rings. The summed E-state index contributed by atoms with van der Waals surface area (Å²) in [5.41, 5.74) is 1.44. The molecule has 0 saturated carbocycles. The Bertz CT molecular complexity index is 331. The number of thiophene rings is 1. The van der Waals surface area contributed by atoms with E-state index in [9.17, 15) is 0 Å². The van der Waals surface area contributed by atoms with Gasteiger partial charge in [0.05, 0.1) is 6.10 Å². The minimum Gasteiger partial charge on any atom is -0.378 e. The number of aryl methyl sites for hydroxylation is 1. The number of ether oxygens (including phenoxy) is 1. The van der Waals surface area contributed by atoms with Gasteiger partial charge in [-0.15, -0.1) is 11.3 Å². The molecule has 17 heavy (non-hydrogen) atoms. The third-order valence-corrected chi connectivity index (χ3v) is 4.43. The topological polar surface area (TPSA) is 21.3 Å². The zero-order valence-electron chi connectivity index (χ0n) is 10.9. The summed E-state index contributed by atoms with van der Waals surface area (Å²) in [5, 5.41) is 5.70. The summed E-state index contributed by atoms with van der Waals surface area (Å²) >= 11 is 1.84. The predicted octanol–water partition coefficient (Wildman–Crippen LogP) is 3.67. The molecule has 2 unspecified atom stereocenters. The third-order valence-electron chi connectivity index (χ3n) is 3.55. The molecule has 3 heteroatoms. The highest BCUT2D eigenvalue weighted by atomic mass is 32.1. The first-order chi connectivity index (χ1) is 8.29. The minimum absolute atomic E-state index is 0.491. The van der Waals surface area contributed by atoms with Gasteiger partial charge in [0.25, 0.3) is 0 Å². The Hall–Kier alpha value is -0.380. The van der Waals surface area contributed by atoms with Crippen molar-refractivity contribution in [2.45, 2.75) is 51.2 Å². The van der Waals surface area contributed by atoms with E-state index in [4.69, 9.17) is 4.74 Å². The maximum absolute atomic E-state index is 5.79. The van der Waals surface area contributed by atoms with Gasteiger partial charge in [-0.1, -0.05) is 0 Å². The van der Waals surface area contributed by atoms with Crippen LogP contribution < -0.4 is 5.32 Å². The van der Waals surface area contributed by atoms with Gasteiger partial charge in [-0.2, -0.15) is 0 Å². The fourth-order valence-corrected chi connectivity index (χ4v) is 3.27. The predicted molar refractivity (Wildman–Crippen MR) is 73.7 cm³/mol. The number of rotatable bonds is 5. The van der Waals surface area contributed by atoms with Crippen molar-refractivity contribution in [3.8, 4) is 0 Å². The molecule has 1 aliphatic heterocycles. The van der Waals surface area contributed by atoms with Gasteiger partial charge in [0.1, 0.15) is 0 Å². The van der Waals surface area contributed by atoms with E-state index >= 15 is 0 Å². The van der Waals surface area contributed by atoms with Crippen molar-refractivity contribution in [2.75, 3.05) is 13.7 Å². The second-order valence-electron chi connectivity index (χ2n) is 4.90. The normalized spacial score (nSPS) is 22.6. The van der Waals surface area contributed by atoms with Crippen LogP contribution in [-0.2, 0) is 4.74 Å². The fourth-order valence-electron chi connectivity index (χ4n) is 2.51. The molecule has 2 rings (SSSR count). The molecule has 0 aromatic carbocycles. The molecule has 2 heterocycles. The summed E-state index contributed by atoms with van der Waals surface area (Å²) in [6.07, 6.45) is 6.69. The van der Waals surface area contributed by atoms with Crippen molar-refractivity contribution in [1.29, 1.82) is 0 Å². The molecule has 1 aliphatic rings. The van der Waals surface area contributed by atoms with Crippen molar-refractivity contribution < 1.29 is 4.74 Å². The summed E-state index contributed by atoms with van der Waals surface area (Å²) in [6.45, 7) is 3.14. The highest BCUT2D eigenvalue weighted by Gasteiger charge is 2.17. The van der Waals surface area contributed by atoms with Gasteiger partial charge >= 0.3 is 0 Å². The number of hydrogen-bond acceptors (Lipinski definition) is 3. The van der Waals surface area contributed by atoms with Gasteiger partial charge in [0.15, 0.2) is 0 Å². The zero-order valence-corrected chi connectivity index (χ0v) is 11.7. The summed E-state index contributed by atoms with van der Waals surface area (Å²) in [5.74, 6) is 0. The largest absolute Gasteiger partial charge is 0.378 e. The monoisotopic (exact) mass is 253 g/mol. The lowest BCUT2D eigenvalue weighted by molar-refractivity contribution is 0.00867. The van der Waals surface area contributed by atoms with E-state index in [2.05, 4.69) is 30.7 Å². The van der Waals surface area contributed by atoms with Crippen LogP contribution in [0.15, 0.2) is 11.4 Å². The molecule has 1 saturated heterocycles. The summed E-state index contributed by atoms with van der Waals surface area (Å²) in [7, 11) is 2.05. The first-order valence-electron chi connectivity index (χ1n) is 6.63. The second-order valence-corrected chi connectivity index (χ2v) is 6.01. The molecule has 1 aromatic heterocycles. The first-order valence-corrected chi connectivity index (χ1v) is 7.51. The van der Waals surface area contributed by atoms with Crippen LogP contribution in [0.4, 0.5) is 0 Å². The van der Waals surface area contributed by atoms with E-state index in [1.165, 1.54) is 42.5 Å². The average molecular weight is 253 g/mol.